The van der Waals surface area contributed by atoms with Gasteiger partial charge in [0.15, 0.2) is 11.9 Å². The minimum atomic E-state index is -4.46. The molecular formula is C17H13F3N6O. The predicted molar refractivity (Wildman–Crippen MR) is 88.8 cm³/mol. The smallest absolute Gasteiger partial charge is 0.360 e. The number of fused-ring (bicyclic) bond motifs is 1. The maximum absolute atomic E-state index is 13.0. The van der Waals surface area contributed by atoms with Gasteiger partial charge in [-0.1, -0.05) is 0 Å². The van der Waals surface area contributed by atoms with Gasteiger partial charge in [0.2, 0.25) is 0 Å². The van der Waals surface area contributed by atoms with Crippen LogP contribution in [-0.2, 0) is 10.9 Å². The SMILES string of the molecule is N#CC1CN(c2ccnc(-c3cnc4ccc(C(F)(F)F)cn34)n2)CCO1. The zero-order chi connectivity index (χ0) is 19.0. The second-order valence-electron chi connectivity index (χ2n) is 5.96. The topological polar surface area (TPSA) is 79.3 Å². The number of nitriles is 1. The molecule has 0 spiro atoms. The summed E-state index contributed by atoms with van der Waals surface area (Å²) >= 11 is 0. The number of halogens is 3. The molecule has 0 saturated carbocycles. The van der Waals surface area contributed by atoms with Crippen LogP contribution in [0.2, 0.25) is 0 Å². The van der Waals surface area contributed by atoms with Crippen LogP contribution in [0, 0.1) is 11.3 Å². The summed E-state index contributed by atoms with van der Waals surface area (Å²) in [6.07, 6.45) is -1.07. The Kier molecular flexibility index (Phi) is 4.16. The first-order valence-electron chi connectivity index (χ1n) is 8.09. The van der Waals surface area contributed by atoms with Crippen LogP contribution in [0.15, 0.2) is 36.8 Å². The molecule has 0 aliphatic carbocycles. The van der Waals surface area contributed by atoms with Crippen LogP contribution in [0.5, 0.6) is 0 Å². The van der Waals surface area contributed by atoms with E-state index >= 15 is 0 Å². The number of pyridine rings is 1. The Morgan fingerprint density at radius 3 is 2.85 bits per heavy atom. The summed E-state index contributed by atoms with van der Waals surface area (Å²) in [6, 6.07) is 6.04. The molecule has 1 atom stereocenters. The van der Waals surface area contributed by atoms with Crippen LogP contribution >= 0.6 is 0 Å². The molecular weight excluding hydrogens is 361 g/mol. The average molecular weight is 374 g/mol. The van der Waals surface area contributed by atoms with Crippen molar-refractivity contribution in [2.45, 2.75) is 12.3 Å². The highest BCUT2D eigenvalue weighted by Gasteiger charge is 2.31. The predicted octanol–water partition coefficient (Wildman–Crippen LogP) is 2.54. The molecule has 1 unspecified atom stereocenters. The highest BCUT2D eigenvalue weighted by atomic mass is 19.4. The van der Waals surface area contributed by atoms with E-state index in [2.05, 4.69) is 21.0 Å². The van der Waals surface area contributed by atoms with Gasteiger partial charge in [-0.15, -0.1) is 0 Å². The summed E-state index contributed by atoms with van der Waals surface area (Å²) in [4.78, 5) is 14.6. The number of morpholine rings is 1. The van der Waals surface area contributed by atoms with Crippen LogP contribution in [0.3, 0.4) is 0 Å². The van der Waals surface area contributed by atoms with Crippen molar-refractivity contribution in [1.82, 2.24) is 19.4 Å². The highest BCUT2D eigenvalue weighted by molar-refractivity contribution is 5.59. The zero-order valence-electron chi connectivity index (χ0n) is 13.9. The molecule has 4 rings (SSSR count). The number of aromatic nitrogens is 4. The van der Waals surface area contributed by atoms with E-state index in [0.717, 1.165) is 12.3 Å². The largest absolute Gasteiger partial charge is 0.417 e. The molecule has 0 radical (unpaired) electrons. The van der Waals surface area contributed by atoms with E-state index in [4.69, 9.17) is 10.00 Å². The fourth-order valence-electron chi connectivity index (χ4n) is 2.90. The Morgan fingerprint density at radius 2 is 2.07 bits per heavy atom. The minimum absolute atomic E-state index is 0.249. The third kappa shape index (κ3) is 3.29. The van der Waals surface area contributed by atoms with E-state index in [0.29, 0.717) is 36.9 Å². The van der Waals surface area contributed by atoms with E-state index in [1.165, 1.54) is 22.9 Å². The lowest BCUT2D eigenvalue weighted by Gasteiger charge is -2.30. The van der Waals surface area contributed by atoms with Crippen LogP contribution in [0.1, 0.15) is 5.56 Å². The summed E-state index contributed by atoms with van der Waals surface area (Å²) in [6.45, 7) is 1.31. The number of rotatable bonds is 2. The molecule has 10 heteroatoms. The van der Waals surface area contributed by atoms with Gasteiger partial charge in [-0.2, -0.15) is 18.4 Å². The van der Waals surface area contributed by atoms with Gasteiger partial charge in [0.25, 0.3) is 0 Å². The number of alkyl halides is 3. The molecule has 0 amide bonds. The Morgan fingerprint density at radius 1 is 1.22 bits per heavy atom. The number of ether oxygens (including phenoxy) is 1. The fourth-order valence-corrected chi connectivity index (χ4v) is 2.90. The molecule has 0 aromatic carbocycles. The number of hydrogen-bond donors (Lipinski definition) is 0. The number of anilines is 1. The van der Waals surface area contributed by atoms with Crippen molar-refractivity contribution in [3.63, 3.8) is 0 Å². The summed E-state index contributed by atoms with van der Waals surface area (Å²) in [5.74, 6) is 0.824. The van der Waals surface area contributed by atoms with Crippen molar-refractivity contribution in [3.8, 4) is 17.6 Å². The van der Waals surface area contributed by atoms with Crippen molar-refractivity contribution >= 4 is 11.5 Å². The lowest BCUT2D eigenvalue weighted by Crippen LogP contribution is -2.42. The lowest BCUT2D eigenvalue weighted by molar-refractivity contribution is -0.137. The Labute approximate surface area is 151 Å². The molecule has 1 aliphatic heterocycles. The van der Waals surface area contributed by atoms with Crippen molar-refractivity contribution in [1.29, 1.82) is 5.26 Å². The zero-order valence-corrected chi connectivity index (χ0v) is 13.9. The van der Waals surface area contributed by atoms with Crippen molar-refractivity contribution in [2.75, 3.05) is 24.6 Å². The van der Waals surface area contributed by atoms with Gasteiger partial charge in [-0.05, 0) is 18.2 Å². The highest BCUT2D eigenvalue weighted by Crippen LogP contribution is 2.30. The summed E-state index contributed by atoms with van der Waals surface area (Å²) in [5, 5.41) is 9.03. The average Bonchev–Trinajstić information content (AvgIpc) is 3.11. The number of imidazole rings is 1. The molecule has 1 fully saturated rings. The van der Waals surface area contributed by atoms with Crippen molar-refractivity contribution < 1.29 is 17.9 Å². The Hall–Kier alpha value is -3.19. The first-order valence-corrected chi connectivity index (χ1v) is 8.09. The molecule has 3 aromatic heterocycles. The maximum atomic E-state index is 13.0. The molecule has 0 N–H and O–H groups in total. The third-order valence-corrected chi connectivity index (χ3v) is 4.24. The second-order valence-corrected chi connectivity index (χ2v) is 5.96. The van der Waals surface area contributed by atoms with Gasteiger partial charge in [0.05, 0.1) is 31.0 Å². The second kappa shape index (κ2) is 6.51. The number of hydrogen-bond acceptors (Lipinski definition) is 6. The molecule has 3 aromatic rings. The van der Waals surface area contributed by atoms with E-state index < -0.39 is 17.8 Å². The first-order chi connectivity index (χ1) is 13.0. The van der Waals surface area contributed by atoms with E-state index in [-0.39, 0.29) is 5.82 Å². The van der Waals surface area contributed by atoms with E-state index in [9.17, 15) is 13.2 Å². The lowest BCUT2D eigenvalue weighted by atomic mass is 10.2. The van der Waals surface area contributed by atoms with Crippen LogP contribution in [0.25, 0.3) is 17.2 Å². The summed E-state index contributed by atoms with van der Waals surface area (Å²) in [5.41, 5.74) is -0.0681. The van der Waals surface area contributed by atoms with Gasteiger partial charge >= 0.3 is 6.18 Å². The third-order valence-electron chi connectivity index (χ3n) is 4.24. The Bertz CT molecular complexity index is 1030. The van der Waals surface area contributed by atoms with Gasteiger partial charge in [-0.25, -0.2) is 15.0 Å². The maximum Gasteiger partial charge on any atom is 0.417 e. The molecule has 0 bridgehead atoms. The molecule has 7 nitrogen and oxygen atoms in total. The molecule has 138 valence electrons. The van der Waals surface area contributed by atoms with Gasteiger partial charge in [-0.3, -0.25) is 4.40 Å². The number of nitrogens with zero attached hydrogens (tertiary/aromatic N) is 6. The fraction of sp³-hybridized carbons (Fsp3) is 0.294. The normalized spacial score (nSPS) is 17.9. The van der Waals surface area contributed by atoms with E-state index in [1.54, 1.807) is 6.07 Å². The van der Waals surface area contributed by atoms with Gasteiger partial charge < -0.3 is 9.64 Å². The van der Waals surface area contributed by atoms with Gasteiger partial charge in [0, 0.05) is 18.9 Å². The molecule has 4 heterocycles. The van der Waals surface area contributed by atoms with Crippen LogP contribution < -0.4 is 4.90 Å². The van der Waals surface area contributed by atoms with E-state index in [1.807, 2.05) is 4.90 Å². The first kappa shape index (κ1) is 17.2. The van der Waals surface area contributed by atoms with Gasteiger partial charge in [0.1, 0.15) is 17.2 Å². The van der Waals surface area contributed by atoms with Crippen LogP contribution in [0.4, 0.5) is 19.0 Å². The summed E-state index contributed by atoms with van der Waals surface area (Å²) in [7, 11) is 0. The quantitative estimate of drug-likeness (QED) is 0.686. The van der Waals surface area contributed by atoms with Crippen molar-refractivity contribution in [2.24, 2.45) is 0 Å². The van der Waals surface area contributed by atoms with Crippen molar-refractivity contribution in [3.05, 3.63) is 42.4 Å². The standard InChI is InChI=1S/C17H13F3N6O/c18-17(19,20)11-1-2-14-23-8-13(26(14)9-11)16-22-4-3-15(24-16)25-5-6-27-12(7-21)10-25/h1-4,8-9,12H,5-6,10H2. The molecule has 1 aliphatic rings. The summed E-state index contributed by atoms with van der Waals surface area (Å²) < 4.78 is 45.7. The minimum Gasteiger partial charge on any atom is -0.360 e. The Balaban J connectivity index is 1.73. The van der Waals surface area contributed by atoms with Crippen LogP contribution in [-0.4, -0.2) is 45.2 Å². The monoisotopic (exact) mass is 374 g/mol. The molecule has 27 heavy (non-hydrogen) atoms. The molecule has 1 saturated heterocycles.